The number of benzene rings is 2. The van der Waals surface area contributed by atoms with Crippen LogP contribution in [0.4, 0.5) is 0 Å². The SMILES string of the molecule is N#Cc1ccc(C2=[N+]([O-])N=C(CCc3ccccc3)C2NO)cc1. The number of hydrogen-bond acceptors (Lipinski definition) is 5. The molecule has 0 saturated carbocycles. The van der Waals surface area contributed by atoms with Crippen molar-refractivity contribution in [3.63, 3.8) is 0 Å². The zero-order valence-electron chi connectivity index (χ0n) is 12.9. The lowest BCUT2D eigenvalue weighted by Gasteiger charge is -2.10. The van der Waals surface area contributed by atoms with E-state index in [1.165, 1.54) is 0 Å². The highest BCUT2D eigenvalue weighted by Crippen LogP contribution is 2.16. The number of hydrogen-bond donors (Lipinski definition) is 2. The molecule has 0 aromatic heterocycles. The van der Waals surface area contributed by atoms with E-state index in [4.69, 9.17) is 5.26 Å². The first-order chi connectivity index (χ1) is 11.7. The van der Waals surface area contributed by atoms with Crippen molar-refractivity contribution in [3.05, 3.63) is 76.5 Å². The van der Waals surface area contributed by atoms with Crippen LogP contribution in [0.15, 0.2) is 59.7 Å². The highest BCUT2D eigenvalue weighted by atomic mass is 16.5. The second kappa shape index (κ2) is 7.04. The van der Waals surface area contributed by atoms with Gasteiger partial charge in [-0.05, 0) is 42.7 Å². The van der Waals surface area contributed by atoms with Crippen LogP contribution in [0.2, 0.25) is 0 Å². The molecule has 2 aromatic rings. The van der Waals surface area contributed by atoms with Gasteiger partial charge in [0.1, 0.15) is 5.71 Å². The van der Waals surface area contributed by atoms with Crippen LogP contribution in [0.1, 0.15) is 23.1 Å². The average Bonchev–Trinajstić information content (AvgIpc) is 2.96. The van der Waals surface area contributed by atoms with E-state index in [0.29, 0.717) is 33.8 Å². The highest BCUT2D eigenvalue weighted by Gasteiger charge is 2.36. The minimum Gasteiger partial charge on any atom is -0.594 e. The van der Waals surface area contributed by atoms with Crippen molar-refractivity contribution in [2.75, 3.05) is 0 Å². The molecule has 0 saturated heterocycles. The fraction of sp³-hybridized carbons (Fsp3) is 0.167. The van der Waals surface area contributed by atoms with E-state index in [1.807, 2.05) is 36.4 Å². The van der Waals surface area contributed by atoms with Gasteiger partial charge in [0.15, 0.2) is 6.04 Å². The summed E-state index contributed by atoms with van der Waals surface area (Å²) in [5.74, 6) is 0. The Balaban J connectivity index is 1.78. The van der Waals surface area contributed by atoms with Crippen LogP contribution < -0.4 is 5.48 Å². The smallest absolute Gasteiger partial charge is 0.253 e. The van der Waals surface area contributed by atoms with Crippen molar-refractivity contribution in [2.45, 2.75) is 18.9 Å². The Morgan fingerprint density at radius 2 is 1.83 bits per heavy atom. The van der Waals surface area contributed by atoms with Gasteiger partial charge in [0.05, 0.1) is 11.6 Å². The molecule has 0 bridgehead atoms. The molecule has 0 aliphatic carbocycles. The van der Waals surface area contributed by atoms with Crippen molar-refractivity contribution in [2.24, 2.45) is 5.10 Å². The second-order valence-corrected chi connectivity index (χ2v) is 5.49. The predicted molar refractivity (Wildman–Crippen MR) is 89.8 cm³/mol. The fourth-order valence-electron chi connectivity index (χ4n) is 2.74. The monoisotopic (exact) mass is 320 g/mol. The third kappa shape index (κ3) is 3.18. The van der Waals surface area contributed by atoms with E-state index in [9.17, 15) is 10.4 Å². The molecule has 24 heavy (non-hydrogen) atoms. The molecule has 0 spiro atoms. The molecule has 0 fully saturated rings. The molecule has 1 aliphatic heterocycles. The van der Waals surface area contributed by atoms with E-state index in [-0.39, 0.29) is 0 Å². The summed E-state index contributed by atoms with van der Waals surface area (Å²) in [6.45, 7) is 0. The lowest BCUT2D eigenvalue weighted by molar-refractivity contribution is -0.459. The summed E-state index contributed by atoms with van der Waals surface area (Å²) in [6, 6.07) is 17.9. The van der Waals surface area contributed by atoms with Gasteiger partial charge in [0.25, 0.3) is 5.71 Å². The molecule has 0 radical (unpaired) electrons. The average molecular weight is 320 g/mol. The lowest BCUT2D eigenvalue weighted by atomic mass is 9.96. The molecule has 6 heteroatoms. The number of hydrazone groups is 1. The molecule has 3 rings (SSSR count). The van der Waals surface area contributed by atoms with Gasteiger partial charge in [-0.1, -0.05) is 35.2 Å². The Bertz CT molecular complexity index is 820. The normalized spacial score (nSPS) is 16.8. The molecule has 0 amide bonds. The summed E-state index contributed by atoms with van der Waals surface area (Å²) in [4.78, 5) is 0.537. The minimum atomic E-state index is -0.654. The Morgan fingerprint density at radius 1 is 1.12 bits per heavy atom. The second-order valence-electron chi connectivity index (χ2n) is 5.49. The molecule has 2 aromatic carbocycles. The van der Waals surface area contributed by atoms with Crippen molar-refractivity contribution in [1.29, 1.82) is 5.26 Å². The largest absolute Gasteiger partial charge is 0.594 e. The molecule has 1 heterocycles. The van der Waals surface area contributed by atoms with Crippen LogP contribution in [0.3, 0.4) is 0 Å². The Labute approximate surface area is 139 Å². The number of nitriles is 1. The molecule has 2 N–H and O–H groups in total. The number of nitrogens with zero attached hydrogens (tertiary/aromatic N) is 3. The Kier molecular flexibility index (Phi) is 4.66. The quantitative estimate of drug-likeness (QED) is 0.501. The van der Waals surface area contributed by atoms with E-state index in [2.05, 4.69) is 10.6 Å². The first kappa shape index (κ1) is 15.9. The molecular weight excluding hydrogens is 304 g/mol. The standard InChI is InChI=1S/C18H16N4O2/c19-12-14-6-9-15(10-7-14)18-17(21-23)16(20-22(18)24)11-8-13-4-2-1-3-5-13/h1-7,9-10,17,21,23H,8,11H2. The Morgan fingerprint density at radius 3 is 2.46 bits per heavy atom. The zero-order valence-corrected chi connectivity index (χ0v) is 12.9. The first-order valence-corrected chi connectivity index (χ1v) is 7.58. The highest BCUT2D eigenvalue weighted by molar-refractivity contribution is 6.17. The van der Waals surface area contributed by atoms with Gasteiger partial charge in [-0.3, -0.25) is 0 Å². The van der Waals surface area contributed by atoms with Crippen molar-refractivity contribution >= 4 is 11.4 Å². The predicted octanol–water partition coefficient (Wildman–Crippen LogP) is 2.21. The summed E-state index contributed by atoms with van der Waals surface area (Å²) in [6.07, 6.45) is 1.28. The van der Waals surface area contributed by atoms with E-state index >= 15 is 0 Å². The Hall–Kier alpha value is -3.01. The van der Waals surface area contributed by atoms with Crippen LogP contribution in [-0.2, 0) is 6.42 Å². The molecule has 6 nitrogen and oxygen atoms in total. The molecule has 120 valence electrons. The summed E-state index contributed by atoms with van der Waals surface area (Å²) >= 11 is 0. The van der Waals surface area contributed by atoms with Gasteiger partial charge in [-0.2, -0.15) is 10.7 Å². The van der Waals surface area contributed by atoms with Crippen molar-refractivity contribution < 1.29 is 10.1 Å². The van der Waals surface area contributed by atoms with Gasteiger partial charge in [-0.25, -0.2) is 0 Å². The summed E-state index contributed by atoms with van der Waals surface area (Å²) in [5.41, 5.74) is 5.35. The molecule has 1 aliphatic rings. The van der Waals surface area contributed by atoms with Crippen LogP contribution in [0.25, 0.3) is 0 Å². The first-order valence-electron chi connectivity index (χ1n) is 7.58. The van der Waals surface area contributed by atoms with E-state index in [1.54, 1.807) is 24.3 Å². The van der Waals surface area contributed by atoms with E-state index in [0.717, 1.165) is 12.0 Å². The van der Waals surface area contributed by atoms with Gasteiger partial charge >= 0.3 is 0 Å². The lowest BCUT2D eigenvalue weighted by Crippen LogP contribution is -2.40. The number of aryl methyl sites for hydroxylation is 1. The van der Waals surface area contributed by atoms with E-state index < -0.39 is 6.04 Å². The fourth-order valence-corrected chi connectivity index (χ4v) is 2.74. The van der Waals surface area contributed by atoms with Crippen molar-refractivity contribution in [3.8, 4) is 6.07 Å². The van der Waals surface area contributed by atoms with Gasteiger partial charge in [-0.15, -0.1) is 0 Å². The maximum Gasteiger partial charge on any atom is 0.253 e. The van der Waals surface area contributed by atoms with Crippen LogP contribution in [-0.4, -0.2) is 27.5 Å². The third-order valence-electron chi connectivity index (χ3n) is 3.98. The summed E-state index contributed by atoms with van der Waals surface area (Å²) in [7, 11) is 0. The minimum absolute atomic E-state index is 0.324. The number of nitrogens with one attached hydrogen (secondary N) is 1. The maximum absolute atomic E-state index is 12.2. The molecular formula is C18H16N4O2. The summed E-state index contributed by atoms with van der Waals surface area (Å²) < 4.78 is 0. The maximum atomic E-state index is 12.2. The third-order valence-corrected chi connectivity index (χ3v) is 3.98. The van der Waals surface area contributed by atoms with Gasteiger partial charge < -0.3 is 10.4 Å². The van der Waals surface area contributed by atoms with Gasteiger partial charge in [0.2, 0.25) is 0 Å². The summed E-state index contributed by atoms with van der Waals surface area (Å²) in [5, 5.41) is 34.6. The zero-order chi connectivity index (χ0) is 16.9. The topological polar surface area (TPSA) is 94.5 Å². The van der Waals surface area contributed by atoms with Crippen LogP contribution in [0.5, 0.6) is 0 Å². The van der Waals surface area contributed by atoms with Crippen LogP contribution >= 0.6 is 0 Å². The number of rotatable bonds is 5. The molecule has 1 unspecified atom stereocenters. The van der Waals surface area contributed by atoms with Crippen molar-refractivity contribution in [1.82, 2.24) is 5.48 Å². The van der Waals surface area contributed by atoms with Gasteiger partial charge in [0, 0.05) is 10.7 Å². The number of hydroxylamine groups is 1. The van der Waals surface area contributed by atoms with Crippen LogP contribution in [0, 0.1) is 16.5 Å². The molecule has 1 atom stereocenters.